The molecule has 5 N–H and O–H groups in total. The zero-order chi connectivity index (χ0) is 20.4. The number of carbonyl (C=O) groups excluding carboxylic acids is 1. The number of amides is 1. The Morgan fingerprint density at radius 1 is 1.17 bits per heavy atom. The van der Waals surface area contributed by atoms with Crippen molar-refractivity contribution in [3.63, 3.8) is 0 Å². The van der Waals surface area contributed by atoms with E-state index in [1.807, 2.05) is 42.5 Å². The van der Waals surface area contributed by atoms with E-state index in [-0.39, 0.29) is 24.2 Å². The average Bonchev–Trinajstić information content (AvgIpc) is 2.70. The van der Waals surface area contributed by atoms with Crippen molar-refractivity contribution in [2.75, 3.05) is 29.0 Å². The number of para-hydroxylation sites is 1. The monoisotopic (exact) mass is 496 g/mol. The minimum atomic E-state index is -1.08. The van der Waals surface area contributed by atoms with E-state index in [1.165, 1.54) is 0 Å². The Kier molecular flexibility index (Phi) is 7.60. The fourth-order valence-electron chi connectivity index (χ4n) is 3.96. The predicted octanol–water partition coefficient (Wildman–Crippen LogP) is 3.20. The standard InChI is InChI=1S/C21H25BrN4O3.ClH/c22-15-9-14(18-17(10-15)24-20(28)21(29)25-18)12-26-8-4-5-13(11-26)19(27)23-16-6-2-1-3-7-16;/h1-3,6-7,9-10,13,20-21,24-25,28-29H,4-5,8,11-12H2,(H,23,27);1H. The van der Waals surface area contributed by atoms with Gasteiger partial charge in [0, 0.05) is 23.2 Å². The van der Waals surface area contributed by atoms with Gasteiger partial charge in [-0.05, 0) is 49.2 Å². The molecular weight excluding hydrogens is 472 g/mol. The Morgan fingerprint density at radius 3 is 2.67 bits per heavy atom. The zero-order valence-corrected chi connectivity index (χ0v) is 18.7. The molecule has 1 amide bonds. The molecule has 2 aromatic carbocycles. The van der Waals surface area contributed by atoms with Crippen LogP contribution in [0.1, 0.15) is 18.4 Å². The summed E-state index contributed by atoms with van der Waals surface area (Å²) in [5, 5.41) is 28.7. The molecule has 2 aromatic rings. The Balaban J connectivity index is 0.00000256. The molecule has 0 radical (unpaired) electrons. The third-order valence-electron chi connectivity index (χ3n) is 5.39. The van der Waals surface area contributed by atoms with E-state index in [9.17, 15) is 15.0 Å². The summed E-state index contributed by atoms with van der Waals surface area (Å²) in [4.78, 5) is 15.0. The van der Waals surface area contributed by atoms with E-state index < -0.39 is 12.5 Å². The summed E-state index contributed by atoms with van der Waals surface area (Å²) in [6, 6.07) is 13.4. The summed E-state index contributed by atoms with van der Waals surface area (Å²) in [6.45, 7) is 2.24. The van der Waals surface area contributed by atoms with Gasteiger partial charge in [-0.2, -0.15) is 0 Å². The van der Waals surface area contributed by atoms with Crippen LogP contribution in [0.5, 0.6) is 0 Å². The van der Waals surface area contributed by atoms with Gasteiger partial charge in [0.05, 0.1) is 17.3 Å². The van der Waals surface area contributed by atoms with Crippen molar-refractivity contribution in [2.45, 2.75) is 31.8 Å². The van der Waals surface area contributed by atoms with Gasteiger partial charge in [0.25, 0.3) is 0 Å². The highest BCUT2D eigenvalue weighted by Gasteiger charge is 2.29. The summed E-state index contributed by atoms with van der Waals surface area (Å²) < 4.78 is 0.888. The number of carbonyl (C=O) groups is 1. The number of hydrogen-bond acceptors (Lipinski definition) is 6. The van der Waals surface area contributed by atoms with Gasteiger partial charge >= 0.3 is 0 Å². The molecule has 2 aliphatic rings. The SMILES string of the molecule is Cl.O=C(Nc1ccccc1)C1CCCN(Cc2cc(Br)cc3c2NC(O)C(O)N3)C1. The van der Waals surface area contributed by atoms with Crippen molar-refractivity contribution in [3.8, 4) is 0 Å². The minimum Gasteiger partial charge on any atom is -0.369 e. The predicted molar refractivity (Wildman–Crippen MR) is 124 cm³/mol. The maximum atomic E-state index is 12.7. The van der Waals surface area contributed by atoms with Gasteiger partial charge in [0.15, 0.2) is 12.5 Å². The number of hydrogen-bond donors (Lipinski definition) is 5. The molecule has 7 nitrogen and oxygen atoms in total. The van der Waals surface area contributed by atoms with Crippen molar-refractivity contribution in [2.24, 2.45) is 5.92 Å². The lowest BCUT2D eigenvalue weighted by atomic mass is 9.96. The molecule has 30 heavy (non-hydrogen) atoms. The molecular formula is C21H26BrClN4O3. The second-order valence-corrected chi connectivity index (χ2v) is 8.51. The maximum Gasteiger partial charge on any atom is 0.228 e. The Labute approximate surface area is 190 Å². The number of aliphatic hydroxyl groups is 2. The fraction of sp³-hybridized carbons (Fsp3) is 0.381. The van der Waals surface area contributed by atoms with Crippen molar-refractivity contribution in [1.29, 1.82) is 0 Å². The van der Waals surface area contributed by atoms with Crippen LogP contribution in [0.25, 0.3) is 0 Å². The van der Waals surface area contributed by atoms with Gasteiger partial charge in [0.2, 0.25) is 5.91 Å². The van der Waals surface area contributed by atoms with Gasteiger partial charge in [-0.15, -0.1) is 12.4 Å². The van der Waals surface area contributed by atoms with E-state index in [0.717, 1.165) is 46.5 Å². The van der Waals surface area contributed by atoms with E-state index >= 15 is 0 Å². The molecule has 0 saturated carbocycles. The van der Waals surface area contributed by atoms with Crippen molar-refractivity contribution in [3.05, 3.63) is 52.5 Å². The largest absolute Gasteiger partial charge is 0.369 e. The molecule has 0 spiro atoms. The smallest absolute Gasteiger partial charge is 0.228 e. The molecule has 1 fully saturated rings. The Bertz CT molecular complexity index is 886. The van der Waals surface area contributed by atoms with Gasteiger partial charge in [-0.1, -0.05) is 34.1 Å². The number of halogens is 2. The van der Waals surface area contributed by atoms with Gasteiger partial charge < -0.3 is 26.2 Å². The molecule has 1 saturated heterocycles. The summed E-state index contributed by atoms with van der Waals surface area (Å²) in [5.74, 6) is -0.0130. The molecule has 0 aromatic heterocycles. The quantitative estimate of drug-likeness (QED) is 0.445. The lowest BCUT2D eigenvalue weighted by Gasteiger charge is -2.35. The van der Waals surface area contributed by atoms with Crippen LogP contribution in [0.2, 0.25) is 0 Å². The van der Waals surface area contributed by atoms with Crippen LogP contribution in [-0.2, 0) is 11.3 Å². The number of likely N-dealkylation sites (tertiary alicyclic amines) is 1. The third-order valence-corrected chi connectivity index (χ3v) is 5.85. The van der Waals surface area contributed by atoms with Gasteiger partial charge in [0.1, 0.15) is 0 Å². The summed E-state index contributed by atoms with van der Waals surface area (Å²) in [7, 11) is 0. The van der Waals surface area contributed by atoms with Crippen molar-refractivity contribution >= 4 is 51.3 Å². The summed E-state index contributed by atoms with van der Waals surface area (Å²) in [6.07, 6.45) is -0.314. The highest BCUT2D eigenvalue weighted by Crippen LogP contribution is 2.36. The van der Waals surface area contributed by atoms with Crippen LogP contribution < -0.4 is 16.0 Å². The number of piperidine rings is 1. The first-order valence-electron chi connectivity index (χ1n) is 9.79. The van der Waals surface area contributed by atoms with E-state index in [0.29, 0.717) is 13.1 Å². The fourth-order valence-corrected chi connectivity index (χ4v) is 4.46. The summed E-state index contributed by atoms with van der Waals surface area (Å²) in [5.41, 5.74) is 3.33. The normalized spacial score (nSPS) is 23.4. The topological polar surface area (TPSA) is 96.9 Å². The van der Waals surface area contributed by atoms with E-state index in [1.54, 1.807) is 0 Å². The van der Waals surface area contributed by atoms with Crippen LogP contribution in [0.4, 0.5) is 17.1 Å². The molecule has 9 heteroatoms. The number of rotatable bonds is 4. The molecule has 3 atom stereocenters. The maximum absolute atomic E-state index is 12.7. The van der Waals surface area contributed by atoms with Crippen LogP contribution >= 0.6 is 28.3 Å². The first-order chi connectivity index (χ1) is 14.0. The first-order valence-corrected chi connectivity index (χ1v) is 10.6. The average molecular weight is 498 g/mol. The van der Waals surface area contributed by atoms with Crippen LogP contribution in [0.15, 0.2) is 46.9 Å². The number of benzene rings is 2. The Morgan fingerprint density at radius 2 is 1.90 bits per heavy atom. The number of anilines is 3. The highest BCUT2D eigenvalue weighted by atomic mass is 79.9. The zero-order valence-electron chi connectivity index (χ0n) is 16.3. The lowest BCUT2D eigenvalue weighted by Crippen LogP contribution is -2.44. The van der Waals surface area contributed by atoms with E-state index in [2.05, 4.69) is 36.8 Å². The third kappa shape index (κ3) is 5.25. The molecule has 162 valence electrons. The highest BCUT2D eigenvalue weighted by molar-refractivity contribution is 9.10. The number of aliphatic hydroxyl groups excluding tert-OH is 2. The molecule has 2 aliphatic heterocycles. The van der Waals surface area contributed by atoms with Gasteiger partial charge in [-0.3, -0.25) is 9.69 Å². The Hall–Kier alpha value is -1.84. The molecule has 3 unspecified atom stereocenters. The molecule has 0 aliphatic carbocycles. The van der Waals surface area contributed by atoms with Crippen LogP contribution in [0, 0.1) is 5.92 Å². The van der Waals surface area contributed by atoms with E-state index in [4.69, 9.17) is 0 Å². The van der Waals surface area contributed by atoms with Crippen LogP contribution in [0.3, 0.4) is 0 Å². The number of nitrogens with zero attached hydrogens (tertiary/aromatic N) is 1. The molecule has 2 heterocycles. The second kappa shape index (κ2) is 9.98. The second-order valence-electron chi connectivity index (χ2n) is 7.60. The van der Waals surface area contributed by atoms with Crippen LogP contribution in [-0.4, -0.2) is 46.6 Å². The molecule has 0 bridgehead atoms. The molecule has 4 rings (SSSR count). The van der Waals surface area contributed by atoms with Crippen molar-refractivity contribution < 1.29 is 15.0 Å². The minimum absolute atomic E-state index is 0. The lowest BCUT2D eigenvalue weighted by molar-refractivity contribution is -0.121. The first kappa shape index (κ1) is 22.8. The van der Waals surface area contributed by atoms with Crippen molar-refractivity contribution in [1.82, 2.24) is 4.90 Å². The van der Waals surface area contributed by atoms with Gasteiger partial charge in [-0.25, -0.2) is 0 Å². The number of fused-ring (bicyclic) bond motifs is 1. The number of nitrogens with one attached hydrogen (secondary N) is 3. The summed E-state index contributed by atoms with van der Waals surface area (Å²) >= 11 is 3.52.